The number of aromatic nitrogens is 2. The van der Waals surface area contributed by atoms with E-state index in [0.717, 1.165) is 54.6 Å². The maximum absolute atomic E-state index is 13.6. The molecule has 0 bridgehead atoms. The number of carbonyl (C=O) groups is 1. The minimum Gasteiger partial charge on any atom is -0.432 e. The highest BCUT2D eigenvalue weighted by Crippen LogP contribution is 2.67. The molecule has 42 heavy (non-hydrogen) atoms. The highest BCUT2D eigenvalue weighted by molar-refractivity contribution is 8.03. The number of carbonyl (C=O) groups excluding carboxylic acids is 1. The summed E-state index contributed by atoms with van der Waals surface area (Å²) in [5.41, 5.74) is 4.79. The van der Waals surface area contributed by atoms with Crippen molar-refractivity contribution < 1.29 is 28.8 Å². The van der Waals surface area contributed by atoms with Gasteiger partial charge in [-0.05, 0) is 116 Å². The van der Waals surface area contributed by atoms with Crippen molar-refractivity contribution >= 4 is 24.0 Å². The molecule has 1 aromatic carbocycles. The van der Waals surface area contributed by atoms with E-state index >= 15 is 0 Å². The highest BCUT2D eigenvalue weighted by atomic mass is 32.2. The summed E-state index contributed by atoms with van der Waals surface area (Å²) in [6, 6.07) is 8.52. The maximum Gasteiger partial charge on any atom is 0.549 e. The number of hydrogen-bond donors (Lipinski definition) is 1. The number of aliphatic hydroxyl groups is 1. The van der Waals surface area contributed by atoms with Crippen LogP contribution in [0.15, 0.2) is 46.7 Å². The average molecular weight is 594 g/mol. The SMILES string of the molecule is CCOC(=O)OOC(SCC#N)=C1CCC2C3CCC4=Cc5c(cnn5-c5ccc(F)cc5)CC4(C)C3C(O)CC12C. The predicted molar refractivity (Wildman–Crippen MR) is 155 cm³/mol. The first kappa shape index (κ1) is 28.8. The lowest BCUT2D eigenvalue weighted by Gasteiger charge is -2.59. The molecule has 6 unspecified atom stereocenters. The van der Waals surface area contributed by atoms with Crippen LogP contribution in [0.4, 0.5) is 9.18 Å². The first-order valence-electron chi connectivity index (χ1n) is 14.7. The summed E-state index contributed by atoms with van der Waals surface area (Å²) in [6.45, 7) is 6.34. The molecule has 1 aromatic heterocycles. The molecule has 1 heterocycles. The van der Waals surface area contributed by atoms with Crippen LogP contribution in [0.1, 0.15) is 64.1 Å². The number of fused-ring (bicyclic) bond motifs is 6. The Hall–Kier alpha value is -3.29. The van der Waals surface area contributed by atoms with Crippen molar-refractivity contribution in [3.63, 3.8) is 0 Å². The first-order valence-corrected chi connectivity index (χ1v) is 15.6. The molecule has 8 nitrogen and oxygen atoms in total. The van der Waals surface area contributed by atoms with Gasteiger partial charge in [-0.2, -0.15) is 15.2 Å². The van der Waals surface area contributed by atoms with Gasteiger partial charge in [-0.15, -0.1) is 0 Å². The van der Waals surface area contributed by atoms with Crippen LogP contribution in [-0.2, 0) is 20.9 Å². The number of ether oxygens (including phenoxy) is 1. The minimum atomic E-state index is -0.921. The second-order valence-corrected chi connectivity index (χ2v) is 13.3. The number of rotatable bonds is 6. The van der Waals surface area contributed by atoms with E-state index in [2.05, 4.69) is 31.1 Å². The van der Waals surface area contributed by atoms with Gasteiger partial charge in [-0.1, -0.05) is 31.2 Å². The molecule has 6 rings (SSSR count). The van der Waals surface area contributed by atoms with Crippen LogP contribution in [0.5, 0.6) is 0 Å². The second-order valence-electron chi connectivity index (χ2n) is 12.3. The Balaban J connectivity index is 1.30. The molecule has 4 aliphatic rings. The lowest BCUT2D eigenvalue weighted by atomic mass is 9.46. The smallest absolute Gasteiger partial charge is 0.432 e. The van der Waals surface area contributed by atoms with E-state index in [1.54, 1.807) is 19.1 Å². The topological polar surface area (TPSA) is 107 Å². The fourth-order valence-corrected chi connectivity index (χ4v) is 9.38. The van der Waals surface area contributed by atoms with Gasteiger partial charge in [0.2, 0.25) is 5.09 Å². The molecule has 0 amide bonds. The normalized spacial score (nSPS) is 32.3. The van der Waals surface area contributed by atoms with E-state index in [4.69, 9.17) is 14.5 Å². The Morgan fingerprint density at radius 2 is 2.00 bits per heavy atom. The van der Waals surface area contributed by atoms with Gasteiger partial charge < -0.3 is 9.84 Å². The summed E-state index contributed by atoms with van der Waals surface area (Å²) < 4.78 is 20.3. The molecular formula is C32H36FN3O5S. The third-order valence-corrected chi connectivity index (χ3v) is 11.1. The van der Waals surface area contributed by atoms with Crippen molar-refractivity contribution in [2.45, 2.75) is 65.4 Å². The number of thioether (sulfide) groups is 1. The van der Waals surface area contributed by atoms with E-state index in [1.807, 2.05) is 10.9 Å². The molecule has 0 spiro atoms. The van der Waals surface area contributed by atoms with Gasteiger partial charge in [0.25, 0.3) is 0 Å². The number of halogens is 1. The fraction of sp³-hybridized carbons (Fsp3) is 0.531. The van der Waals surface area contributed by atoms with Gasteiger partial charge in [-0.3, -0.25) is 4.89 Å². The molecule has 10 heteroatoms. The van der Waals surface area contributed by atoms with Crippen molar-refractivity contribution in [2.75, 3.05) is 12.4 Å². The zero-order valence-electron chi connectivity index (χ0n) is 24.1. The number of hydrogen-bond acceptors (Lipinski definition) is 8. The Bertz CT molecular complexity index is 1480. The Morgan fingerprint density at radius 1 is 1.21 bits per heavy atom. The van der Waals surface area contributed by atoms with Crippen LogP contribution >= 0.6 is 11.8 Å². The Labute approximate surface area is 249 Å². The van der Waals surface area contributed by atoms with Crippen molar-refractivity contribution in [2.24, 2.45) is 28.6 Å². The van der Waals surface area contributed by atoms with Crippen LogP contribution in [0.2, 0.25) is 0 Å². The van der Waals surface area contributed by atoms with Crippen LogP contribution < -0.4 is 0 Å². The summed E-state index contributed by atoms with van der Waals surface area (Å²) in [5.74, 6) is 0.595. The predicted octanol–water partition coefficient (Wildman–Crippen LogP) is 6.74. The zero-order valence-corrected chi connectivity index (χ0v) is 25.0. The molecule has 3 saturated carbocycles. The Kier molecular flexibility index (Phi) is 7.60. The number of nitriles is 1. The fourth-order valence-electron chi connectivity index (χ4n) is 8.59. The molecule has 2 aromatic rings. The molecule has 1 N–H and O–H groups in total. The number of benzene rings is 1. The maximum atomic E-state index is 13.6. The van der Waals surface area contributed by atoms with Gasteiger partial charge in [-0.25, -0.2) is 14.0 Å². The number of aliphatic hydroxyl groups excluding tert-OH is 1. The molecule has 4 aliphatic carbocycles. The monoisotopic (exact) mass is 593 g/mol. The van der Waals surface area contributed by atoms with E-state index in [9.17, 15) is 19.6 Å². The summed E-state index contributed by atoms with van der Waals surface area (Å²) in [4.78, 5) is 22.3. The molecule has 0 saturated heterocycles. The molecular weight excluding hydrogens is 557 g/mol. The lowest BCUT2D eigenvalue weighted by molar-refractivity contribution is -0.213. The molecule has 0 radical (unpaired) electrons. The van der Waals surface area contributed by atoms with Gasteiger partial charge in [0.15, 0.2) is 0 Å². The van der Waals surface area contributed by atoms with Crippen LogP contribution in [-0.4, -0.2) is 39.5 Å². The second kappa shape index (κ2) is 11.1. The lowest BCUT2D eigenvalue weighted by Crippen LogP contribution is -2.56. The van der Waals surface area contributed by atoms with Gasteiger partial charge in [0.1, 0.15) is 5.82 Å². The summed E-state index contributed by atoms with van der Waals surface area (Å²) in [7, 11) is 0. The molecule has 3 fully saturated rings. The molecule has 0 aliphatic heterocycles. The van der Waals surface area contributed by atoms with E-state index < -0.39 is 12.3 Å². The average Bonchev–Trinajstić information content (AvgIpc) is 3.51. The van der Waals surface area contributed by atoms with Crippen molar-refractivity contribution in [3.05, 3.63) is 63.8 Å². The standard InChI is InChI=1S/C32H36FN3O5S/c1-4-39-30(38)41-40-29(42-14-13-34)25-12-11-24-23-10-5-20-15-26-19(18-35-36(26)22-8-6-21(33)7-9-22)16-31(20,2)28(23)27(37)17-32(24,25)3/h6-9,15,18,23-24,27-28,37H,4-5,10-12,14,16-17H2,1-3H3. The first-order chi connectivity index (χ1) is 20.2. The van der Waals surface area contributed by atoms with Crippen molar-refractivity contribution in [1.29, 1.82) is 5.26 Å². The van der Waals surface area contributed by atoms with Crippen molar-refractivity contribution in [1.82, 2.24) is 9.78 Å². The largest absolute Gasteiger partial charge is 0.549 e. The molecule has 6 atom stereocenters. The van der Waals surface area contributed by atoms with Crippen LogP contribution in [0.25, 0.3) is 11.8 Å². The zero-order chi connectivity index (χ0) is 29.6. The minimum absolute atomic E-state index is 0.0872. The third kappa shape index (κ3) is 4.71. The van der Waals surface area contributed by atoms with E-state index in [0.29, 0.717) is 23.3 Å². The summed E-state index contributed by atoms with van der Waals surface area (Å²) in [5, 5.41) is 26.3. The Morgan fingerprint density at radius 3 is 2.74 bits per heavy atom. The molecule has 222 valence electrons. The quantitative estimate of drug-likeness (QED) is 0.170. The summed E-state index contributed by atoms with van der Waals surface area (Å²) >= 11 is 1.22. The number of allylic oxidation sites excluding steroid dienone is 2. The van der Waals surface area contributed by atoms with Crippen LogP contribution in [0.3, 0.4) is 0 Å². The highest BCUT2D eigenvalue weighted by Gasteiger charge is 2.61. The summed E-state index contributed by atoms with van der Waals surface area (Å²) in [6.07, 6.45) is 7.67. The van der Waals surface area contributed by atoms with Gasteiger partial charge in [0.05, 0.1) is 42.1 Å². The van der Waals surface area contributed by atoms with E-state index in [-0.39, 0.29) is 34.9 Å². The van der Waals surface area contributed by atoms with E-state index in [1.165, 1.54) is 29.5 Å². The van der Waals surface area contributed by atoms with Crippen LogP contribution in [0, 0.1) is 45.7 Å². The third-order valence-electron chi connectivity index (χ3n) is 10.2. The number of nitrogens with zero attached hydrogens (tertiary/aromatic N) is 3. The van der Waals surface area contributed by atoms with Gasteiger partial charge in [0, 0.05) is 0 Å². The van der Waals surface area contributed by atoms with Crippen molar-refractivity contribution in [3.8, 4) is 11.8 Å². The van der Waals surface area contributed by atoms with Gasteiger partial charge >= 0.3 is 6.16 Å².